The van der Waals surface area contributed by atoms with Gasteiger partial charge in [0.05, 0.1) is 0 Å². The van der Waals surface area contributed by atoms with Gasteiger partial charge >= 0.3 is 0 Å². The van der Waals surface area contributed by atoms with Crippen LogP contribution in [0.3, 0.4) is 0 Å². The van der Waals surface area contributed by atoms with Gasteiger partial charge in [0.15, 0.2) is 17.4 Å². The van der Waals surface area contributed by atoms with Crippen LogP contribution < -0.4 is 0 Å². The molecular formula is C13H9F3OS. The summed E-state index contributed by atoms with van der Waals surface area (Å²) in [5, 5.41) is 1.71. The maximum Gasteiger partial charge on any atom is 0.163 e. The molecule has 3 rings (SSSR count). The van der Waals surface area contributed by atoms with Crippen LogP contribution in [0.1, 0.15) is 17.9 Å². The number of benzene rings is 1. The molecule has 1 spiro atoms. The second kappa shape index (κ2) is 3.88. The van der Waals surface area contributed by atoms with E-state index in [1.807, 2.05) is 0 Å². The topological polar surface area (TPSA) is 17.1 Å². The number of hydrogen-bond acceptors (Lipinski definition) is 2. The molecule has 0 bridgehead atoms. The lowest BCUT2D eigenvalue weighted by Crippen LogP contribution is -2.21. The monoisotopic (exact) mass is 270 g/mol. The zero-order chi connectivity index (χ0) is 12.9. The van der Waals surface area contributed by atoms with Crippen molar-refractivity contribution in [1.29, 1.82) is 0 Å². The second-order valence-electron chi connectivity index (χ2n) is 4.68. The van der Waals surface area contributed by atoms with Crippen LogP contribution >= 0.6 is 11.8 Å². The largest absolute Gasteiger partial charge is 0.294 e. The maximum absolute atomic E-state index is 13.6. The van der Waals surface area contributed by atoms with Crippen molar-refractivity contribution in [2.45, 2.75) is 12.3 Å². The molecule has 0 radical (unpaired) electrons. The zero-order valence-electron chi connectivity index (χ0n) is 9.25. The van der Waals surface area contributed by atoms with Crippen molar-refractivity contribution in [1.82, 2.24) is 0 Å². The van der Waals surface area contributed by atoms with Crippen molar-refractivity contribution in [2.75, 3.05) is 5.75 Å². The predicted molar refractivity (Wildman–Crippen MR) is 62.7 cm³/mol. The van der Waals surface area contributed by atoms with Crippen LogP contribution in [-0.2, 0) is 4.79 Å². The van der Waals surface area contributed by atoms with E-state index >= 15 is 0 Å². The van der Waals surface area contributed by atoms with E-state index < -0.39 is 22.9 Å². The minimum Gasteiger partial charge on any atom is -0.294 e. The molecule has 18 heavy (non-hydrogen) atoms. The Morgan fingerprint density at radius 3 is 2.61 bits per heavy atom. The van der Waals surface area contributed by atoms with Gasteiger partial charge in [-0.15, -0.1) is 11.8 Å². The summed E-state index contributed by atoms with van der Waals surface area (Å²) in [7, 11) is 0. The average molecular weight is 270 g/mol. The molecule has 1 saturated carbocycles. The highest BCUT2D eigenvalue weighted by molar-refractivity contribution is 8.02. The molecule has 5 heteroatoms. The number of hydrogen-bond donors (Lipinski definition) is 0. The molecule has 94 valence electrons. The Labute approximate surface area is 106 Å². The van der Waals surface area contributed by atoms with E-state index in [4.69, 9.17) is 0 Å². The molecule has 0 saturated heterocycles. The molecule has 0 amide bonds. The Balaban J connectivity index is 1.97. The minimum atomic E-state index is -1.20. The summed E-state index contributed by atoms with van der Waals surface area (Å²) in [5.74, 6) is -2.85. The third-order valence-electron chi connectivity index (χ3n) is 3.64. The summed E-state index contributed by atoms with van der Waals surface area (Å²) in [5.41, 5.74) is -0.497. The van der Waals surface area contributed by atoms with Crippen LogP contribution in [0.5, 0.6) is 0 Å². The van der Waals surface area contributed by atoms with Crippen molar-refractivity contribution >= 4 is 17.5 Å². The molecule has 1 fully saturated rings. The minimum absolute atomic E-state index is 0.0459. The fraction of sp³-hybridized carbons (Fsp3) is 0.308. The predicted octanol–water partition coefficient (Wildman–Crippen LogP) is 3.41. The molecule has 1 aliphatic carbocycles. The SMILES string of the molecule is O=C1C=CSC[C@@]12C[C@H]2c1cc(F)c(F)cc1F. The van der Waals surface area contributed by atoms with Gasteiger partial charge in [-0.1, -0.05) is 0 Å². The highest BCUT2D eigenvalue weighted by Gasteiger charge is 2.60. The van der Waals surface area contributed by atoms with E-state index in [2.05, 4.69) is 0 Å². The van der Waals surface area contributed by atoms with Crippen molar-refractivity contribution in [3.8, 4) is 0 Å². The molecular weight excluding hydrogens is 261 g/mol. The number of thioether (sulfide) groups is 1. The molecule has 0 unspecified atom stereocenters. The van der Waals surface area contributed by atoms with Crippen LogP contribution in [0, 0.1) is 22.9 Å². The highest BCUT2D eigenvalue weighted by atomic mass is 32.2. The van der Waals surface area contributed by atoms with Gasteiger partial charge in [-0.3, -0.25) is 4.79 Å². The first-order valence-corrected chi connectivity index (χ1v) is 6.56. The quantitative estimate of drug-likeness (QED) is 0.727. The summed E-state index contributed by atoms with van der Waals surface area (Å²) >= 11 is 1.49. The van der Waals surface area contributed by atoms with Crippen LogP contribution in [0.2, 0.25) is 0 Å². The number of carbonyl (C=O) groups excluding carboxylic acids is 1. The van der Waals surface area contributed by atoms with Gasteiger partial charge < -0.3 is 0 Å². The molecule has 1 aromatic rings. The van der Waals surface area contributed by atoms with Crippen molar-refractivity contribution < 1.29 is 18.0 Å². The van der Waals surface area contributed by atoms with E-state index in [0.717, 1.165) is 6.07 Å². The van der Waals surface area contributed by atoms with E-state index in [-0.39, 0.29) is 17.3 Å². The molecule has 1 aliphatic heterocycles. The Morgan fingerprint density at radius 2 is 1.89 bits per heavy atom. The molecule has 1 nitrogen and oxygen atoms in total. The van der Waals surface area contributed by atoms with Gasteiger partial charge in [-0.05, 0) is 29.5 Å². The Morgan fingerprint density at radius 1 is 1.17 bits per heavy atom. The van der Waals surface area contributed by atoms with Crippen LogP contribution in [0.4, 0.5) is 13.2 Å². The molecule has 1 aromatic carbocycles. The Kier molecular flexibility index (Phi) is 2.55. The average Bonchev–Trinajstić information content (AvgIpc) is 3.03. The first-order valence-electron chi connectivity index (χ1n) is 5.51. The van der Waals surface area contributed by atoms with Gasteiger partial charge in [0.25, 0.3) is 0 Å². The first kappa shape index (κ1) is 11.8. The molecule has 2 atom stereocenters. The smallest absolute Gasteiger partial charge is 0.163 e. The number of rotatable bonds is 1. The third kappa shape index (κ3) is 1.61. The summed E-state index contributed by atoms with van der Waals surface area (Å²) < 4.78 is 39.7. The summed E-state index contributed by atoms with van der Waals surface area (Å²) in [6, 6.07) is 1.42. The molecule has 1 heterocycles. The maximum atomic E-state index is 13.6. The molecule has 0 aromatic heterocycles. The van der Waals surface area contributed by atoms with Crippen molar-refractivity contribution in [3.05, 3.63) is 46.6 Å². The summed E-state index contributed by atoms with van der Waals surface area (Å²) in [6.45, 7) is 0. The lowest BCUT2D eigenvalue weighted by molar-refractivity contribution is -0.118. The number of ketones is 1. The number of allylic oxidation sites excluding steroid dienone is 1. The van der Waals surface area contributed by atoms with Crippen LogP contribution in [0.15, 0.2) is 23.6 Å². The van der Waals surface area contributed by atoms with Gasteiger partial charge in [0.2, 0.25) is 0 Å². The Bertz CT molecular complexity index is 570. The van der Waals surface area contributed by atoms with Gasteiger partial charge in [0.1, 0.15) is 5.82 Å². The normalized spacial score (nSPS) is 29.9. The summed E-state index contributed by atoms with van der Waals surface area (Å²) in [4.78, 5) is 11.8. The third-order valence-corrected chi connectivity index (χ3v) is 4.65. The molecule has 2 aliphatic rings. The van der Waals surface area contributed by atoms with Crippen molar-refractivity contribution in [3.63, 3.8) is 0 Å². The van der Waals surface area contributed by atoms with E-state index in [9.17, 15) is 18.0 Å². The van der Waals surface area contributed by atoms with Crippen LogP contribution in [-0.4, -0.2) is 11.5 Å². The first-order chi connectivity index (χ1) is 8.54. The molecule has 0 N–H and O–H groups in total. The fourth-order valence-electron chi connectivity index (χ4n) is 2.49. The zero-order valence-corrected chi connectivity index (χ0v) is 10.1. The fourth-order valence-corrected chi connectivity index (χ4v) is 3.57. The Hall–Kier alpha value is -1.23. The van der Waals surface area contributed by atoms with E-state index in [1.54, 1.807) is 5.41 Å². The second-order valence-corrected chi connectivity index (χ2v) is 5.57. The number of halogens is 3. The lowest BCUT2D eigenvalue weighted by atomic mass is 9.95. The van der Waals surface area contributed by atoms with Gasteiger partial charge in [-0.2, -0.15) is 0 Å². The standard InChI is InChI=1S/C13H9F3OS/c14-9-4-11(16)10(15)3-7(9)8-5-13(8)6-18-2-1-12(13)17/h1-4,8H,5-6H2/t8-,13+/m0/s1. The van der Waals surface area contributed by atoms with E-state index in [0.29, 0.717) is 18.2 Å². The highest BCUT2D eigenvalue weighted by Crippen LogP contribution is 2.63. The summed E-state index contributed by atoms with van der Waals surface area (Å²) in [6.07, 6.45) is 1.98. The van der Waals surface area contributed by atoms with Crippen LogP contribution in [0.25, 0.3) is 0 Å². The number of carbonyl (C=O) groups is 1. The van der Waals surface area contributed by atoms with Gasteiger partial charge in [0, 0.05) is 23.2 Å². The lowest BCUT2D eigenvalue weighted by Gasteiger charge is -2.16. The van der Waals surface area contributed by atoms with Crippen molar-refractivity contribution in [2.24, 2.45) is 5.41 Å². The van der Waals surface area contributed by atoms with E-state index in [1.165, 1.54) is 17.8 Å². The van der Waals surface area contributed by atoms with Gasteiger partial charge in [-0.25, -0.2) is 13.2 Å².